The fraction of sp³-hybridized carbons (Fsp3) is 0.133. The van der Waals surface area contributed by atoms with Gasteiger partial charge in [0.05, 0.1) is 0 Å². The van der Waals surface area contributed by atoms with Crippen LogP contribution in [0.2, 0.25) is 5.15 Å². The van der Waals surface area contributed by atoms with Gasteiger partial charge in [-0.2, -0.15) is 0 Å². The molecule has 2 aromatic rings. The van der Waals surface area contributed by atoms with Gasteiger partial charge in [0.2, 0.25) is 0 Å². The van der Waals surface area contributed by atoms with E-state index in [1.54, 1.807) is 18.3 Å². The van der Waals surface area contributed by atoms with Crippen LogP contribution in [0.4, 0.5) is 5.69 Å². The first-order chi connectivity index (χ1) is 9.29. The minimum atomic E-state index is 0.473. The Labute approximate surface area is 117 Å². The van der Waals surface area contributed by atoms with Crippen molar-refractivity contribution in [1.29, 1.82) is 0 Å². The molecule has 98 valence electrons. The van der Waals surface area contributed by atoms with Crippen LogP contribution in [-0.2, 0) is 6.54 Å². The second kappa shape index (κ2) is 6.81. The molecule has 0 saturated carbocycles. The number of halogens is 1. The van der Waals surface area contributed by atoms with Gasteiger partial charge >= 0.3 is 0 Å². The van der Waals surface area contributed by atoms with Gasteiger partial charge in [-0.3, -0.25) is 0 Å². The molecule has 1 heterocycles. The van der Waals surface area contributed by atoms with Crippen LogP contribution in [-0.4, -0.2) is 11.6 Å². The molecule has 0 amide bonds. The van der Waals surface area contributed by atoms with Gasteiger partial charge in [-0.05, 0) is 18.2 Å². The van der Waals surface area contributed by atoms with Crippen molar-refractivity contribution in [2.45, 2.75) is 6.54 Å². The summed E-state index contributed by atoms with van der Waals surface area (Å²) in [5.41, 5.74) is 2.01. The van der Waals surface area contributed by atoms with Gasteiger partial charge in [0.15, 0.2) is 0 Å². The lowest BCUT2D eigenvalue weighted by Gasteiger charge is -2.11. The van der Waals surface area contributed by atoms with E-state index in [0.717, 1.165) is 17.0 Å². The lowest BCUT2D eigenvalue weighted by molar-refractivity contribution is 0.359. The highest BCUT2D eigenvalue weighted by atomic mass is 35.5. The van der Waals surface area contributed by atoms with Gasteiger partial charge in [0, 0.05) is 24.0 Å². The minimum Gasteiger partial charge on any atom is -0.489 e. The Kier molecular flexibility index (Phi) is 4.81. The number of anilines is 1. The first-order valence-corrected chi connectivity index (χ1v) is 6.34. The number of rotatable bonds is 6. The molecule has 1 aromatic heterocycles. The van der Waals surface area contributed by atoms with Crippen LogP contribution in [0.15, 0.2) is 55.3 Å². The zero-order valence-electron chi connectivity index (χ0n) is 10.5. The number of nitrogens with one attached hydrogen (secondary N) is 1. The van der Waals surface area contributed by atoms with Crippen molar-refractivity contribution in [2.75, 3.05) is 11.9 Å². The number of para-hydroxylation sites is 1. The molecule has 1 N–H and O–H groups in total. The summed E-state index contributed by atoms with van der Waals surface area (Å²) in [5.74, 6) is 0.857. The highest BCUT2D eigenvalue weighted by Gasteiger charge is 2.02. The number of nitrogens with zero attached hydrogens (tertiary/aromatic N) is 1. The summed E-state index contributed by atoms with van der Waals surface area (Å²) in [6.45, 7) is 4.80. The molecule has 0 radical (unpaired) electrons. The molecule has 2 rings (SSSR count). The summed E-state index contributed by atoms with van der Waals surface area (Å²) in [6.07, 6.45) is 3.40. The molecule has 0 aliphatic rings. The van der Waals surface area contributed by atoms with E-state index in [9.17, 15) is 0 Å². The standard InChI is InChI=1S/C15H15ClN2O/c1-2-9-19-14-6-4-3-5-12(14)11-18-13-7-8-17-15(16)10-13/h2-8,10H,1,9,11H2,(H,17,18). The molecule has 0 atom stereocenters. The summed E-state index contributed by atoms with van der Waals surface area (Å²) in [6, 6.07) is 11.6. The van der Waals surface area contributed by atoms with Crippen LogP contribution >= 0.6 is 11.6 Å². The fourth-order valence-corrected chi connectivity index (χ4v) is 1.82. The Morgan fingerprint density at radius 1 is 1.32 bits per heavy atom. The third-order valence-electron chi connectivity index (χ3n) is 2.54. The van der Waals surface area contributed by atoms with Crippen LogP contribution in [0.25, 0.3) is 0 Å². The molecule has 0 aliphatic heterocycles. The lowest BCUT2D eigenvalue weighted by Crippen LogP contribution is -2.03. The first-order valence-electron chi connectivity index (χ1n) is 5.96. The molecule has 0 spiro atoms. The number of hydrogen-bond donors (Lipinski definition) is 1. The summed E-state index contributed by atoms with van der Waals surface area (Å²) in [4.78, 5) is 3.94. The van der Waals surface area contributed by atoms with E-state index in [-0.39, 0.29) is 0 Å². The number of pyridine rings is 1. The van der Waals surface area contributed by atoms with Gasteiger partial charge < -0.3 is 10.1 Å². The molecule has 0 fully saturated rings. The van der Waals surface area contributed by atoms with Crippen LogP contribution in [0.1, 0.15) is 5.56 Å². The van der Waals surface area contributed by atoms with Crippen molar-refractivity contribution >= 4 is 17.3 Å². The van der Waals surface area contributed by atoms with E-state index in [2.05, 4.69) is 16.9 Å². The van der Waals surface area contributed by atoms with Crippen LogP contribution in [0.5, 0.6) is 5.75 Å². The number of benzene rings is 1. The normalized spacial score (nSPS) is 9.95. The van der Waals surface area contributed by atoms with Crippen LogP contribution < -0.4 is 10.1 Å². The summed E-state index contributed by atoms with van der Waals surface area (Å²) < 4.78 is 5.60. The third-order valence-corrected chi connectivity index (χ3v) is 2.75. The minimum absolute atomic E-state index is 0.473. The Bertz CT molecular complexity index is 557. The quantitative estimate of drug-likeness (QED) is 0.640. The molecule has 3 nitrogen and oxygen atoms in total. The van der Waals surface area contributed by atoms with Crippen molar-refractivity contribution in [3.8, 4) is 5.75 Å². The maximum atomic E-state index is 5.84. The molecular formula is C15H15ClN2O. The van der Waals surface area contributed by atoms with E-state index in [1.807, 2.05) is 30.3 Å². The molecule has 0 unspecified atom stereocenters. The Morgan fingerprint density at radius 3 is 2.95 bits per heavy atom. The topological polar surface area (TPSA) is 34.1 Å². The monoisotopic (exact) mass is 274 g/mol. The van der Waals surface area contributed by atoms with Gasteiger partial charge in [-0.1, -0.05) is 42.5 Å². The fourth-order valence-electron chi connectivity index (χ4n) is 1.65. The zero-order chi connectivity index (χ0) is 13.5. The van der Waals surface area contributed by atoms with Crippen molar-refractivity contribution < 1.29 is 4.74 Å². The summed E-state index contributed by atoms with van der Waals surface area (Å²) >= 11 is 5.84. The second-order valence-electron chi connectivity index (χ2n) is 3.93. The third kappa shape index (κ3) is 4.00. The van der Waals surface area contributed by atoms with E-state index in [1.165, 1.54) is 0 Å². The smallest absolute Gasteiger partial charge is 0.131 e. The predicted octanol–water partition coefficient (Wildman–Crippen LogP) is 3.91. The molecule has 19 heavy (non-hydrogen) atoms. The largest absolute Gasteiger partial charge is 0.489 e. The van der Waals surface area contributed by atoms with E-state index in [0.29, 0.717) is 18.3 Å². The van der Waals surface area contributed by atoms with Gasteiger partial charge in [0.25, 0.3) is 0 Å². The van der Waals surface area contributed by atoms with Gasteiger partial charge in [-0.15, -0.1) is 0 Å². The highest BCUT2D eigenvalue weighted by molar-refractivity contribution is 6.29. The Hall–Kier alpha value is -2.00. The zero-order valence-corrected chi connectivity index (χ0v) is 11.2. The maximum absolute atomic E-state index is 5.84. The van der Waals surface area contributed by atoms with Crippen molar-refractivity contribution in [3.05, 3.63) is 66.0 Å². The number of hydrogen-bond acceptors (Lipinski definition) is 3. The van der Waals surface area contributed by atoms with Crippen LogP contribution in [0.3, 0.4) is 0 Å². The number of ether oxygens (including phenoxy) is 1. The molecule has 1 aromatic carbocycles. The molecule has 4 heteroatoms. The predicted molar refractivity (Wildman–Crippen MR) is 78.7 cm³/mol. The van der Waals surface area contributed by atoms with Crippen LogP contribution in [0, 0.1) is 0 Å². The van der Waals surface area contributed by atoms with E-state index in [4.69, 9.17) is 16.3 Å². The molecule has 0 saturated heterocycles. The van der Waals surface area contributed by atoms with E-state index < -0.39 is 0 Å². The maximum Gasteiger partial charge on any atom is 0.131 e. The second-order valence-corrected chi connectivity index (χ2v) is 4.32. The lowest BCUT2D eigenvalue weighted by atomic mass is 10.2. The summed E-state index contributed by atoms with van der Waals surface area (Å²) in [5, 5.41) is 3.76. The SMILES string of the molecule is C=CCOc1ccccc1CNc1ccnc(Cl)c1. The van der Waals surface area contributed by atoms with Crippen molar-refractivity contribution in [2.24, 2.45) is 0 Å². The molecule has 0 bridgehead atoms. The van der Waals surface area contributed by atoms with Crippen molar-refractivity contribution in [1.82, 2.24) is 4.98 Å². The number of aromatic nitrogens is 1. The first kappa shape index (κ1) is 13.4. The molecular weight excluding hydrogens is 260 g/mol. The summed E-state index contributed by atoms with van der Waals surface area (Å²) in [7, 11) is 0. The average molecular weight is 275 g/mol. The molecule has 0 aliphatic carbocycles. The van der Waals surface area contributed by atoms with Gasteiger partial charge in [0.1, 0.15) is 17.5 Å². The average Bonchev–Trinajstić information content (AvgIpc) is 2.44. The Morgan fingerprint density at radius 2 is 2.16 bits per heavy atom. The van der Waals surface area contributed by atoms with Crippen molar-refractivity contribution in [3.63, 3.8) is 0 Å². The Balaban J connectivity index is 2.04. The van der Waals surface area contributed by atoms with Gasteiger partial charge in [-0.25, -0.2) is 4.98 Å². The highest BCUT2D eigenvalue weighted by Crippen LogP contribution is 2.20. The van der Waals surface area contributed by atoms with E-state index >= 15 is 0 Å².